The van der Waals surface area contributed by atoms with Crippen LogP contribution in [0.3, 0.4) is 0 Å². The molecular weight excluding hydrogens is 440 g/mol. The maximum absolute atomic E-state index is 13.1. The second-order valence-corrected chi connectivity index (χ2v) is 10.1. The number of hydrogen-bond acceptors (Lipinski definition) is 5. The molecule has 2 atom stereocenters. The minimum absolute atomic E-state index is 0.0772. The van der Waals surface area contributed by atoms with Crippen LogP contribution in [0, 0.1) is 0 Å². The lowest BCUT2D eigenvalue weighted by Crippen LogP contribution is -2.38. The first kappa shape index (κ1) is 24.5. The minimum Gasteiger partial charge on any atom is -0.508 e. The molecule has 0 saturated heterocycles. The smallest absolute Gasteiger partial charge is 0.410 e. The molecule has 0 radical (unpaired) electrons. The molecule has 2 aromatic carbocycles. The first-order valence-electron chi connectivity index (χ1n) is 12.1. The Balaban J connectivity index is 1.36. The first-order valence-corrected chi connectivity index (χ1v) is 12.1. The Labute approximate surface area is 207 Å². The van der Waals surface area contributed by atoms with Gasteiger partial charge in [0.15, 0.2) is 0 Å². The van der Waals surface area contributed by atoms with Crippen molar-refractivity contribution >= 4 is 11.9 Å². The Morgan fingerprint density at radius 3 is 2.54 bits per heavy atom. The second-order valence-electron chi connectivity index (χ2n) is 10.1. The predicted molar refractivity (Wildman–Crippen MR) is 136 cm³/mol. The zero-order chi connectivity index (χ0) is 25.0. The fraction of sp³-hybridized carbons (Fsp3) is 0.393. The van der Waals surface area contributed by atoms with Crippen LogP contribution in [0.1, 0.15) is 61.9 Å². The van der Waals surface area contributed by atoms with E-state index < -0.39 is 5.60 Å². The molecule has 7 heteroatoms. The molecule has 1 saturated carbocycles. The van der Waals surface area contributed by atoms with Crippen LogP contribution in [-0.4, -0.2) is 42.7 Å². The van der Waals surface area contributed by atoms with Gasteiger partial charge in [-0.05, 0) is 51.2 Å². The SMILES string of the molecule is C=C(O)c1ccc(CCCn2cc(CN(C(=O)OC(C)(C)C)C3CC3c3ccccc3)nn2)cc1. The number of amides is 1. The van der Waals surface area contributed by atoms with Gasteiger partial charge < -0.3 is 9.84 Å². The molecule has 0 spiro atoms. The summed E-state index contributed by atoms with van der Waals surface area (Å²) in [4.78, 5) is 14.9. The quantitative estimate of drug-likeness (QED) is 0.401. The summed E-state index contributed by atoms with van der Waals surface area (Å²) < 4.78 is 7.54. The van der Waals surface area contributed by atoms with Gasteiger partial charge in [-0.25, -0.2) is 4.79 Å². The van der Waals surface area contributed by atoms with Gasteiger partial charge in [0.05, 0.1) is 12.7 Å². The van der Waals surface area contributed by atoms with E-state index in [0.29, 0.717) is 12.5 Å². The van der Waals surface area contributed by atoms with Crippen molar-refractivity contribution in [2.24, 2.45) is 0 Å². The van der Waals surface area contributed by atoms with Gasteiger partial charge >= 0.3 is 6.09 Å². The van der Waals surface area contributed by atoms with Crippen LogP contribution >= 0.6 is 0 Å². The number of hydrogen-bond donors (Lipinski definition) is 1. The molecule has 4 rings (SSSR count). The number of nitrogens with zero attached hydrogens (tertiary/aromatic N) is 4. The lowest BCUT2D eigenvalue weighted by molar-refractivity contribution is 0.0210. The van der Waals surface area contributed by atoms with E-state index >= 15 is 0 Å². The van der Waals surface area contributed by atoms with E-state index in [-0.39, 0.29) is 17.9 Å². The predicted octanol–water partition coefficient (Wildman–Crippen LogP) is 5.73. The van der Waals surface area contributed by atoms with E-state index in [1.165, 1.54) is 11.1 Å². The molecule has 184 valence electrons. The first-order chi connectivity index (χ1) is 16.7. The van der Waals surface area contributed by atoms with Crippen molar-refractivity contribution in [1.29, 1.82) is 0 Å². The molecular formula is C28H34N4O3. The van der Waals surface area contributed by atoms with Gasteiger partial charge in [-0.3, -0.25) is 9.58 Å². The monoisotopic (exact) mass is 474 g/mol. The summed E-state index contributed by atoms with van der Waals surface area (Å²) in [7, 11) is 0. The van der Waals surface area contributed by atoms with Crippen LogP contribution in [0.4, 0.5) is 4.79 Å². The molecule has 1 N–H and O–H groups in total. The number of ether oxygens (including phenoxy) is 1. The van der Waals surface area contributed by atoms with Crippen LogP contribution in [0.5, 0.6) is 0 Å². The van der Waals surface area contributed by atoms with Crippen molar-refractivity contribution < 1.29 is 14.6 Å². The van der Waals surface area contributed by atoms with Crippen molar-refractivity contribution in [3.05, 3.63) is 89.8 Å². The van der Waals surface area contributed by atoms with Gasteiger partial charge in [0.1, 0.15) is 17.1 Å². The number of carbonyl (C=O) groups is 1. The highest BCUT2D eigenvalue weighted by atomic mass is 16.6. The van der Waals surface area contributed by atoms with Crippen molar-refractivity contribution in [2.75, 3.05) is 0 Å². The van der Waals surface area contributed by atoms with Crippen LogP contribution in [0.25, 0.3) is 5.76 Å². The molecule has 1 heterocycles. The van der Waals surface area contributed by atoms with Crippen molar-refractivity contribution in [2.45, 2.75) is 70.7 Å². The third kappa shape index (κ3) is 6.72. The van der Waals surface area contributed by atoms with Crippen LogP contribution in [0.2, 0.25) is 0 Å². The maximum atomic E-state index is 13.1. The minimum atomic E-state index is -0.563. The third-order valence-electron chi connectivity index (χ3n) is 6.07. The topological polar surface area (TPSA) is 80.5 Å². The highest BCUT2D eigenvalue weighted by molar-refractivity contribution is 5.69. The standard InChI is InChI=1S/C28H34N4O3/c1-20(33)22-14-12-21(13-15-22)9-8-16-31-18-24(29-30-31)19-32(27(34)35-28(2,3)4)26-17-25(26)23-10-6-5-7-11-23/h5-7,10-15,18,25-26,33H,1,8-9,16-17,19H2,2-4H3. The van der Waals surface area contributed by atoms with Gasteiger partial charge in [-0.2, -0.15) is 0 Å². The number of carbonyl (C=O) groups excluding carboxylic acids is 1. The van der Waals surface area contributed by atoms with E-state index in [0.717, 1.165) is 37.1 Å². The highest BCUT2D eigenvalue weighted by Gasteiger charge is 2.46. The second kappa shape index (κ2) is 10.3. The average Bonchev–Trinajstić information content (AvgIpc) is 3.48. The van der Waals surface area contributed by atoms with Crippen molar-refractivity contribution in [3.63, 3.8) is 0 Å². The van der Waals surface area contributed by atoms with Gasteiger partial charge in [0.2, 0.25) is 0 Å². The molecule has 1 fully saturated rings. The summed E-state index contributed by atoms with van der Waals surface area (Å²) in [6.45, 7) is 10.3. The van der Waals surface area contributed by atoms with Crippen LogP contribution in [0.15, 0.2) is 67.4 Å². The lowest BCUT2D eigenvalue weighted by atomic mass is 10.1. The maximum Gasteiger partial charge on any atom is 0.410 e. The van der Waals surface area contributed by atoms with Gasteiger partial charge in [0, 0.05) is 24.1 Å². The van der Waals surface area contributed by atoms with Crippen LogP contribution < -0.4 is 0 Å². The Bertz CT molecular complexity index is 1150. The number of aliphatic hydroxyl groups excluding tert-OH is 1. The summed E-state index contributed by atoms with van der Waals surface area (Å²) in [6.07, 6.45) is 4.30. The van der Waals surface area contributed by atoms with E-state index in [2.05, 4.69) is 29.0 Å². The average molecular weight is 475 g/mol. The Morgan fingerprint density at radius 1 is 1.17 bits per heavy atom. The lowest BCUT2D eigenvalue weighted by Gasteiger charge is -2.27. The van der Waals surface area contributed by atoms with E-state index in [1.54, 1.807) is 4.90 Å². The Morgan fingerprint density at radius 2 is 1.89 bits per heavy atom. The molecule has 0 bridgehead atoms. The molecule has 1 aromatic heterocycles. The van der Waals surface area contributed by atoms with E-state index in [4.69, 9.17) is 4.74 Å². The number of benzene rings is 2. The number of rotatable bonds is 9. The molecule has 0 aliphatic heterocycles. The number of aliphatic hydroxyl groups is 1. The normalized spacial score (nSPS) is 17.1. The molecule has 1 aliphatic carbocycles. The molecule has 3 aromatic rings. The highest BCUT2D eigenvalue weighted by Crippen LogP contribution is 2.45. The Kier molecular flexibility index (Phi) is 7.24. The van der Waals surface area contributed by atoms with E-state index in [9.17, 15) is 9.90 Å². The molecule has 1 aliphatic rings. The van der Waals surface area contributed by atoms with Crippen LogP contribution in [-0.2, 0) is 24.2 Å². The molecule has 2 unspecified atom stereocenters. The Hall–Kier alpha value is -3.61. The fourth-order valence-electron chi connectivity index (χ4n) is 4.23. The van der Waals surface area contributed by atoms with E-state index in [1.807, 2.05) is 74.1 Å². The zero-order valence-electron chi connectivity index (χ0n) is 20.7. The molecule has 1 amide bonds. The zero-order valence-corrected chi connectivity index (χ0v) is 20.7. The third-order valence-corrected chi connectivity index (χ3v) is 6.07. The number of aryl methyl sites for hydroxylation is 2. The summed E-state index contributed by atoms with van der Waals surface area (Å²) >= 11 is 0. The summed E-state index contributed by atoms with van der Waals surface area (Å²) in [5, 5.41) is 18.1. The largest absolute Gasteiger partial charge is 0.508 e. The van der Waals surface area contributed by atoms with Crippen molar-refractivity contribution in [3.8, 4) is 0 Å². The van der Waals surface area contributed by atoms with Gasteiger partial charge in [-0.15, -0.1) is 5.10 Å². The molecule has 7 nitrogen and oxygen atoms in total. The summed E-state index contributed by atoms with van der Waals surface area (Å²) in [6, 6.07) is 18.1. The van der Waals surface area contributed by atoms with Gasteiger partial charge in [-0.1, -0.05) is 66.4 Å². The van der Waals surface area contributed by atoms with Crippen molar-refractivity contribution in [1.82, 2.24) is 19.9 Å². The van der Waals surface area contributed by atoms with Gasteiger partial charge in [0.25, 0.3) is 0 Å². The molecule has 35 heavy (non-hydrogen) atoms. The fourth-order valence-corrected chi connectivity index (χ4v) is 4.23. The number of aromatic nitrogens is 3. The summed E-state index contributed by atoms with van der Waals surface area (Å²) in [5.41, 5.74) is 3.35. The summed E-state index contributed by atoms with van der Waals surface area (Å²) in [5.74, 6) is 0.390.